The SMILES string of the molecule is CC1(c2cccc(CNC(=O)N3CCC(c4nc5ccccc5o4)CC3)c2)NC(=O)NC1=O. The summed E-state index contributed by atoms with van der Waals surface area (Å²) in [5, 5.41) is 7.88. The Kier molecular flexibility index (Phi) is 5.24. The number of nitrogens with one attached hydrogen (secondary N) is 3. The smallest absolute Gasteiger partial charge is 0.322 e. The van der Waals surface area contributed by atoms with Crippen molar-refractivity contribution in [2.45, 2.75) is 37.8 Å². The molecule has 1 unspecified atom stereocenters. The van der Waals surface area contributed by atoms with E-state index in [9.17, 15) is 14.4 Å². The van der Waals surface area contributed by atoms with Gasteiger partial charge in [-0.05, 0) is 43.0 Å². The summed E-state index contributed by atoms with van der Waals surface area (Å²) in [5.41, 5.74) is 2.04. The maximum absolute atomic E-state index is 12.7. The molecular formula is C24H25N5O4. The van der Waals surface area contributed by atoms with E-state index in [4.69, 9.17) is 4.42 Å². The molecule has 1 atom stereocenters. The summed E-state index contributed by atoms with van der Waals surface area (Å²) in [7, 11) is 0. The van der Waals surface area contributed by atoms with Crippen molar-refractivity contribution < 1.29 is 18.8 Å². The van der Waals surface area contributed by atoms with Crippen LogP contribution in [0.5, 0.6) is 0 Å². The molecule has 33 heavy (non-hydrogen) atoms. The Morgan fingerprint density at radius 2 is 1.97 bits per heavy atom. The van der Waals surface area contributed by atoms with Crippen LogP contribution < -0.4 is 16.0 Å². The number of nitrogens with zero attached hydrogens (tertiary/aromatic N) is 2. The highest BCUT2D eigenvalue weighted by atomic mass is 16.3. The normalized spacial score (nSPS) is 21.2. The molecule has 1 aromatic heterocycles. The van der Waals surface area contributed by atoms with E-state index in [-0.39, 0.29) is 11.9 Å². The fraction of sp³-hybridized carbons (Fsp3) is 0.333. The zero-order chi connectivity index (χ0) is 23.0. The minimum absolute atomic E-state index is 0.130. The summed E-state index contributed by atoms with van der Waals surface area (Å²) in [6.07, 6.45) is 1.59. The number of hydrogen-bond donors (Lipinski definition) is 3. The van der Waals surface area contributed by atoms with Gasteiger partial charge in [-0.2, -0.15) is 0 Å². The monoisotopic (exact) mass is 447 g/mol. The highest BCUT2D eigenvalue weighted by Crippen LogP contribution is 2.30. The van der Waals surface area contributed by atoms with Gasteiger partial charge in [-0.15, -0.1) is 0 Å². The first-order chi connectivity index (χ1) is 15.9. The summed E-state index contributed by atoms with van der Waals surface area (Å²) in [6, 6.07) is 14.4. The zero-order valence-electron chi connectivity index (χ0n) is 18.3. The Balaban J connectivity index is 1.17. The van der Waals surface area contributed by atoms with E-state index < -0.39 is 17.5 Å². The molecule has 3 heterocycles. The number of urea groups is 2. The number of hydrogen-bond acceptors (Lipinski definition) is 5. The minimum Gasteiger partial charge on any atom is -0.440 e. The van der Waals surface area contributed by atoms with Crippen molar-refractivity contribution in [2.75, 3.05) is 13.1 Å². The molecule has 2 aliphatic rings. The first-order valence-electron chi connectivity index (χ1n) is 11.0. The number of carbonyl (C=O) groups excluding carboxylic acids is 3. The van der Waals surface area contributed by atoms with Crippen LogP contribution >= 0.6 is 0 Å². The molecule has 0 spiro atoms. The second kappa shape index (κ2) is 8.23. The third kappa shape index (κ3) is 4.02. The molecule has 9 nitrogen and oxygen atoms in total. The molecule has 2 saturated heterocycles. The molecule has 3 N–H and O–H groups in total. The van der Waals surface area contributed by atoms with Gasteiger partial charge in [-0.25, -0.2) is 14.6 Å². The number of aromatic nitrogens is 1. The molecule has 0 radical (unpaired) electrons. The van der Waals surface area contributed by atoms with Crippen LogP contribution in [-0.4, -0.2) is 40.9 Å². The van der Waals surface area contributed by atoms with Crippen molar-refractivity contribution in [1.82, 2.24) is 25.8 Å². The fourth-order valence-corrected chi connectivity index (χ4v) is 4.42. The van der Waals surface area contributed by atoms with Crippen LogP contribution in [0.25, 0.3) is 11.1 Å². The second-order valence-electron chi connectivity index (χ2n) is 8.67. The van der Waals surface area contributed by atoms with Gasteiger partial charge in [0.15, 0.2) is 11.5 Å². The van der Waals surface area contributed by atoms with Crippen molar-refractivity contribution in [3.63, 3.8) is 0 Å². The quantitative estimate of drug-likeness (QED) is 0.532. The molecule has 2 aliphatic heterocycles. The maximum atomic E-state index is 12.7. The summed E-state index contributed by atoms with van der Waals surface area (Å²) in [6.45, 7) is 3.23. The van der Waals surface area contributed by atoms with E-state index in [0.717, 1.165) is 35.4 Å². The van der Waals surface area contributed by atoms with Gasteiger partial charge < -0.3 is 20.0 Å². The van der Waals surface area contributed by atoms with Crippen LogP contribution in [-0.2, 0) is 16.9 Å². The van der Waals surface area contributed by atoms with Crippen LogP contribution in [0.2, 0.25) is 0 Å². The van der Waals surface area contributed by atoms with Crippen LogP contribution in [0.15, 0.2) is 52.9 Å². The van der Waals surface area contributed by atoms with Crippen molar-refractivity contribution in [3.8, 4) is 0 Å². The van der Waals surface area contributed by atoms with Crippen molar-refractivity contribution in [1.29, 1.82) is 0 Å². The number of likely N-dealkylation sites (tertiary alicyclic amines) is 1. The average Bonchev–Trinajstić information content (AvgIpc) is 3.38. The maximum Gasteiger partial charge on any atom is 0.322 e. The molecule has 3 aromatic rings. The molecule has 170 valence electrons. The second-order valence-corrected chi connectivity index (χ2v) is 8.67. The number of piperidine rings is 1. The number of imide groups is 1. The number of carbonyl (C=O) groups is 3. The van der Waals surface area contributed by atoms with Crippen molar-refractivity contribution >= 4 is 29.1 Å². The standard InChI is InChI=1S/C24H25N5O4/c1-24(21(30)27-22(31)28-24)17-6-4-5-15(13-17)14-25-23(32)29-11-9-16(10-12-29)20-26-18-7-2-3-8-19(18)33-20/h2-8,13,16H,9-12,14H2,1H3,(H,25,32)(H2,27,28,30,31). The van der Waals surface area contributed by atoms with Gasteiger partial charge in [-0.1, -0.05) is 36.4 Å². The van der Waals surface area contributed by atoms with E-state index in [1.807, 2.05) is 42.5 Å². The number of amides is 5. The fourth-order valence-electron chi connectivity index (χ4n) is 4.42. The third-order valence-corrected chi connectivity index (χ3v) is 6.43. The Morgan fingerprint density at radius 1 is 1.18 bits per heavy atom. The van der Waals surface area contributed by atoms with Crippen LogP contribution in [0.4, 0.5) is 9.59 Å². The summed E-state index contributed by atoms with van der Waals surface area (Å²) in [4.78, 5) is 42.9. The number of rotatable bonds is 4. The summed E-state index contributed by atoms with van der Waals surface area (Å²) in [5.74, 6) is 0.548. The van der Waals surface area contributed by atoms with E-state index in [1.54, 1.807) is 17.9 Å². The van der Waals surface area contributed by atoms with Crippen LogP contribution in [0.3, 0.4) is 0 Å². The van der Waals surface area contributed by atoms with Crippen molar-refractivity contribution in [3.05, 3.63) is 65.5 Å². The Bertz CT molecular complexity index is 1200. The molecule has 0 aliphatic carbocycles. The summed E-state index contributed by atoms with van der Waals surface area (Å²) >= 11 is 0. The van der Waals surface area contributed by atoms with E-state index in [1.165, 1.54) is 0 Å². The lowest BCUT2D eigenvalue weighted by Crippen LogP contribution is -2.44. The van der Waals surface area contributed by atoms with Gasteiger partial charge in [0.05, 0.1) is 0 Å². The Hall–Kier alpha value is -3.88. The summed E-state index contributed by atoms with van der Waals surface area (Å²) < 4.78 is 5.90. The van der Waals surface area contributed by atoms with Gasteiger partial charge in [0, 0.05) is 25.6 Å². The van der Waals surface area contributed by atoms with E-state index in [2.05, 4.69) is 20.9 Å². The lowest BCUT2D eigenvalue weighted by Gasteiger charge is -2.30. The number of oxazole rings is 1. The number of fused-ring (bicyclic) bond motifs is 1. The highest BCUT2D eigenvalue weighted by Gasteiger charge is 2.43. The van der Waals surface area contributed by atoms with Crippen molar-refractivity contribution in [2.24, 2.45) is 0 Å². The van der Waals surface area contributed by atoms with Crippen LogP contribution in [0.1, 0.15) is 42.7 Å². The average molecular weight is 447 g/mol. The van der Waals surface area contributed by atoms with Gasteiger partial charge >= 0.3 is 12.1 Å². The largest absolute Gasteiger partial charge is 0.440 e. The highest BCUT2D eigenvalue weighted by molar-refractivity contribution is 6.07. The van der Waals surface area contributed by atoms with Gasteiger partial charge in [-0.3, -0.25) is 10.1 Å². The van der Waals surface area contributed by atoms with E-state index in [0.29, 0.717) is 25.2 Å². The Morgan fingerprint density at radius 3 is 2.70 bits per heavy atom. The molecule has 9 heteroatoms. The molecule has 0 bridgehead atoms. The zero-order valence-corrected chi connectivity index (χ0v) is 18.3. The molecule has 0 saturated carbocycles. The first-order valence-corrected chi connectivity index (χ1v) is 11.0. The van der Waals surface area contributed by atoms with Crippen LogP contribution in [0, 0.1) is 0 Å². The lowest BCUT2D eigenvalue weighted by molar-refractivity contribution is -0.123. The lowest BCUT2D eigenvalue weighted by atomic mass is 9.91. The van der Waals surface area contributed by atoms with Gasteiger partial charge in [0.2, 0.25) is 0 Å². The van der Waals surface area contributed by atoms with E-state index >= 15 is 0 Å². The topological polar surface area (TPSA) is 117 Å². The molecule has 2 aromatic carbocycles. The number of para-hydroxylation sites is 2. The number of benzene rings is 2. The molecule has 2 fully saturated rings. The Labute approximate surface area is 190 Å². The van der Waals surface area contributed by atoms with Gasteiger partial charge in [0.25, 0.3) is 5.91 Å². The predicted octanol–water partition coefficient (Wildman–Crippen LogP) is 2.97. The predicted molar refractivity (Wildman–Crippen MR) is 120 cm³/mol. The molecule has 5 rings (SSSR count). The first kappa shape index (κ1) is 21.0. The van der Waals surface area contributed by atoms with Gasteiger partial charge in [0.1, 0.15) is 11.1 Å². The molecule has 5 amide bonds. The molecular weight excluding hydrogens is 422 g/mol. The third-order valence-electron chi connectivity index (χ3n) is 6.43. The minimum atomic E-state index is -1.12.